The van der Waals surface area contributed by atoms with Gasteiger partial charge in [0.15, 0.2) is 0 Å². The fourth-order valence-corrected chi connectivity index (χ4v) is 3.52. The van der Waals surface area contributed by atoms with E-state index in [-0.39, 0.29) is 10.5 Å². The van der Waals surface area contributed by atoms with Crippen molar-refractivity contribution in [1.82, 2.24) is 0 Å². The molecule has 0 bridgehead atoms. The summed E-state index contributed by atoms with van der Waals surface area (Å²) in [5.74, 6) is -0.605. The van der Waals surface area contributed by atoms with Crippen LogP contribution in [0, 0.1) is 0 Å². The number of benzene rings is 3. The maximum absolute atomic E-state index is 12.6. The van der Waals surface area contributed by atoms with Crippen molar-refractivity contribution in [3.05, 3.63) is 84.4 Å². The summed E-state index contributed by atoms with van der Waals surface area (Å²) in [4.78, 5) is 11.2. The van der Waals surface area contributed by atoms with Crippen molar-refractivity contribution in [2.24, 2.45) is 5.73 Å². The molecule has 0 heterocycles. The van der Waals surface area contributed by atoms with Crippen molar-refractivity contribution < 1.29 is 13.2 Å². The average molecular weight is 352 g/mol. The molecule has 3 aromatic rings. The monoisotopic (exact) mass is 352 g/mol. The summed E-state index contributed by atoms with van der Waals surface area (Å²) in [6.07, 6.45) is 0. The first kappa shape index (κ1) is 16.7. The lowest BCUT2D eigenvalue weighted by Gasteiger charge is -2.13. The number of sulfonamides is 1. The highest BCUT2D eigenvalue weighted by molar-refractivity contribution is 7.92. The van der Waals surface area contributed by atoms with E-state index in [1.807, 2.05) is 42.5 Å². The number of amides is 1. The topological polar surface area (TPSA) is 89.3 Å². The molecule has 6 heteroatoms. The van der Waals surface area contributed by atoms with Gasteiger partial charge in [-0.05, 0) is 35.9 Å². The minimum absolute atomic E-state index is 0.0559. The third kappa shape index (κ3) is 3.70. The van der Waals surface area contributed by atoms with Crippen LogP contribution < -0.4 is 10.5 Å². The number of para-hydroxylation sites is 1. The molecule has 0 saturated heterocycles. The van der Waals surface area contributed by atoms with E-state index in [0.717, 1.165) is 11.1 Å². The molecule has 0 atom stereocenters. The Labute approximate surface area is 146 Å². The number of hydrogen-bond donors (Lipinski definition) is 2. The first-order valence-corrected chi connectivity index (χ1v) is 9.03. The van der Waals surface area contributed by atoms with Crippen molar-refractivity contribution in [2.45, 2.75) is 4.90 Å². The van der Waals surface area contributed by atoms with Gasteiger partial charge in [-0.25, -0.2) is 8.42 Å². The Kier molecular flexibility index (Phi) is 4.54. The number of nitrogens with one attached hydrogen (secondary N) is 1. The minimum atomic E-state index is -3.79. The van der Waals surface area contributed by atoms with Crippen LogP contribution in [0.2, 0.25) is 0 Å². The van der Waals surface area contributed by atoms with Gasteiger partial charge in [-0.2, -0.15) is 0 Å². The zero-order valence-corrected chi connectivity index (χ0v) is 14.0. The van der Waals surface area contributed by atoms with Gasteiger partial charge in [0, 0.05) is 11.1 Å². The van der Waals surface area contributed by atoms with E-state index in [2.05, 4.69) is 4.72 Å². The Balaban J connectivity index is 1.95. The maximum atomic E-state index is 12.6. The lowest BCUT2D eigenvalue weighted by atomic mass is 10.0. The Hall–Kier alpha value is -3.12. The van der Waals surface area contributed by atoms with Crippen molar-refractivity contribution in [1.29, 1.82) is 0 Å². The summed E-state index contributed by atoms with van der Waals surface area (Å²) in [6.45, 7) is 0. The molecule has 3 rings (SSSR count). The first-order chi connectivity index (χ1) is 12.0. The zero-order chi connectivity index (χ0) is 17.9. The fourth-order valence-electron chi connectivity index (χ4n) is 2.44. The van der Waals surface area contributed by atoms with Crippen LogP contribution >= 0.6 is 0 Å². The molecular formula is C19H16N2O3S. The second-order valence-corrected chi connectivity index (χ2v) is 7.09. The van der Waals surface area contributed by atoms with E-state index < -0.39 is 15.9 Å². The van der Waals surface area contributed by atoms with Crippen molar-refractivity contribution in [3.8, 4) is 11.1 Å². The van der Waals surface area contributed by atoms with Gasteiger partial charge in [0.1, 0.15) is 0 Å². The van der Waals surface area contributed by atoms with Crippen LogP contribution in [-0.4, -0.2) is 14.3 Å². The fraction of sp³-hybridized carbons (Fsp3) is 0. The van der Waals surface area contributed by atoms with E-state index in [9.17, 15) is 13.2 Å². The van der Waals surface area contributed by atoms with Gasteiger partial charge >= 0.3 is 0 Å². The molecule has 3 N–H and O–H groups in total. The van der Waals surface area contributed by atoms with Crippen LogP contribution in [0.25, 0.3) is 11.1 Å². The smallest absolute Gasteiger partial charge is 0.261 e. The lowest BCUT2D eigenvalue weighted by Crippen LogP contribution is -2.15. The molecule has 0 aliphatic rings. The van der Waals surface area contributed by atoms with E-state index in [1.54, 1.807) is 12.1 Å². The van der Waals surface area contributed by atoms with E-state index in [4.69, 9.17) is 5.73 Å². The Morgan fingerprint density at radius 3 is 2.04 bits per heavy atom. The average Bonchev–Trinajstić information content (AvgIpc) is 2.63. The summed E-state index contributed by atoms with van der Waals surface area (Å²) in [5.41, 5.74) is 7.59. The standard InChI is InChI=1S/C19H16N2O3S/c20-19(22)15-10-12-16(13-11-15)25(23,24)21-18-9-5-4-8-17(18)14-6-2-1-3-7-14/h1-13,21H,(H2,20,22). The van der Waals surface area contributed by atoms with E-state index in [1.165, 1.54) is 24.3 Å². The molecule has 0 saturated carbocycles. The van der Waals surface area contributed by atoms with Gasteiger partial charge in [0.2, 0.25) is 5.91 Å². The van der Waals surface area contributed by atoms with Gasteiger partial charge < -0.3 is 5.73 Å². The van der Waals surface area contributed by atoms with Crippen LogP contribution in [0.3, 0.4) is 0 Å². The molecule has 3 aromatic carbocycles. The van der Waals surface area contributed by atoms with Crippen LogP contribution in [0.5, 0.6) is 0 Å². The first-order valence-electron chi connectivity index (χ1n) is 7.54. The third-order valence-electron chi connectivity index (χ3n) is 3.71. The zero-order valence-electron chi connectivity index (χ0n) is 13.2. The van der Waals surface area contributed by atoms with Gasteiger partial charge in [-0.15, -0.1) is 0 Å². The normalized spacial score (nSPS) is 11.0. The molecule has 0 unspecified atom stereocenters. The third-order valence-corrected chi connectivity index (χ3v) is 5.09. The molecule has 0 aromatic heterocycles. The molecule has 126 valence electrons. The summed E-state index contributed by atoms with van der Waals surface area (Å²) >= 11 is 0. The molecule has 25 heavy (non-hydrogen) atoms. The molecular weight excluding hydrogens is 336 g/mol. The molecule has 1 amide bonds. The molecule has 0 fully saturated rings. The largest absolute Gasteiger partial charge is 0.366 e. The molecule has 0 spiro atoms. The molecule has 5 nitrogen and oxygen atoms in total. The number of carbonyl (C=O) groups excluding carboxylic acids is 1. The predicted molar refractivity (Wildman–Crippen MR) is 97.6 cm³/mol. The maximum Gasteiger partial charge on any atom is 0.261 e. The summed E-state index contributed by atoms with van der Waals surface area (Å²) in [7, 11) is -3.79. The van der Waals surface area contributed by atoms with Crippen LogP contribution in [0.4, 0.5) is 5.69 Å². The number of hydrogen-bond acceptors (Lipinski definition) is 3. The highest BCUT2D eigenvalue weighted by Gasteiger charge is 2.16. The number of nitrogens with two attached hydrogens (primary N) is 1. The predicted octanol–water partition coefficient (Wildman–Crippen LogP) is 3.25. The van der Waals surface area contributed by atoms with Crippen LogP contribution in [0.15, 0.2) is 83.8 Å². The van der Waals surface area contributed by atoms with Crippen molar-refractivity contribution in [2.75, 3.05) is 4.72 Å². The Morgan fingerprint density at radius 1 is 0.800 bits per heavy atom. The summed E-state index contributed by atoms with van der Waals surface area (Å²) < 4.78 is 27.9. The number of primary amides is 1. The quantitative estimate of drug-likeness (QED) is 0.738. The number of carbonyl (C=O) groups is 1. The highest BCUT2D eigenvalue weighted by atomic mass is 32.2. The van der Waals surface area contributed by atoms with E-state index in [0.29, 0.717) is 5.69 Å². The van der Waals surface area contributed by atoms with Crippen molar-refractivity contribution >= 4 is 21.6 Å². The minimum Gasteiger partial charge on any atom is -0.366 e. The van der Waals surface area contributed by atoms with Crippen LogP contribution in [0.1, 0.15) is 10.4 Å². The van der Waals surface area contributed by atoms with Gasteiger partial charge in [-0.1, -0.05) is 48.5 Å². The lowest BCUT2D eigenvalue weighted by molar-refractivity contribution is 0.1000. The second-order valence-electron chi connectivity index (χ2n) is 5.41. The summed E-state index contributed by atoms with van der Waals surface area (Å²) in [6, 6.07) is 22.2. The molecule has 0 radical (unpaired) electrons. The summed E-state index contributed by atoms with van der Waals surface area (Å²) in [5, 5.41) is 0. The number of anilines is 1. The van der Waals surface area contributed by atoms with Gasteiger partial charge in [-0.3, -0.25) is 9.52 Å². The SMILES string of the molecule is NC(=O)c1ccc(S(=O)(=O)Nc2ccccc2-c2ccccc2)cc1. The van der Waals surface area contributed by atoms with Crippen LogP contribution in [-0.2, 0) is 10.0 Å². The van der Waals surface area contributed by atoms with Crippen molar-refractivity contribution in [3.63, 3.8) is 0 Å². The Bertz CT molecular complexity index is 998. The second kappa shape index (κ2) is 6.78. The van der Waals surface area contributed by atoms with Gasteiger partial charge in [0.25, 0.3) is 10.0 Å². The Morgan fingerprint density at radius 2 is 1.40 bits per heavy atom. The van der Waals surface area contributed by atoms with Gasteiger partial charge in [0.05, 0.1) is 10.6 Å². The molecule has 0 aliphatic heterocycles. The van der Waals surface area contributed by atoms with E-state index >= 15 is 0 Å². The highest BCUT2D eigenvalue weighted by Crippen LogP contribution is 2.29. The molecule has 0 aliphatic carbocycles. The number of rotatable bonds is 5.